The molecule has 26 heavy (non-hydrogen) atoms. The fraction of sp³-hybridized carbons (Fsp3) is 0.294. The number of hydrogen-bond acceptors (Lipinski definition) is 5. The lowest BCUT2D eigenvalue weighted by Gasteiger charge is -2.19. The zero-order valence-corrected chi connectivity index (χ0v) is 16.5. The molecule has 9 heteroatoms. The van der Waals surface area contributed by atoms with Crippen LogP contribution < -0.4 is 10.0 Å². The predicted molar refractivity (Wildman–Crippen MR) is 103 cm³/mol. The van der Waals surface area contributed by atoms with Crippen LogP contribution in [0.4, 0.5) is 11.5 Å². The first-order valence-corrected chi connectivity index (χ1v) is 9.83. The number of benzene rings is 1. The van der Waals surface area contributed by atoms with Gasteiger partial charge in [0.25, 0.3) is 0 Å². The van der Waals surface area contributed by atoms with E-state index < -0.39 is 15.6 Å². The van der Waals surface area contributed by atoms with E-state index in [4.69, 9.17) is 11.6 Å². The van der Waals surface area contributed by atoms with E-state index in [0.29, 0.717) is 16.5 Å². The smallest absolute Gasteiger partial charge is 0.246 e. The molecule has 0 bridgehead atoms. The average molecular weight is 394 g/mol. The van der Waals surface area contributed by atoms with Gasteiger partial charge in [0, 0.05) is 11.7 Å². The Balaban J connectivity index is 2.04. The molecule has 0 amide bonds. The minimum Gasteiger partial charge on any atom is -0.339 e. The molecule has 2 N–H and O–H groups in total. The third-order valence-corrected chi connectivity index (χ3v) is 5.55. The van der Waals surface area contributed by atoms with Gasteiger partial charge in [0.05, 0.1) is 16.9 Å². The molecule has 2 heterocycles. The lowest BCUT2D eigenvalue weighted by molar-refractivity contribution is 0.492. The van der Waals surface area contributed by atoms with E-state index in [1.165, 1.54) is 16.9 Å². The number of aryl methyl sites for hydroxylation is 1. The van der Waals surface area contributed by atoms with Gasteiger partial charge in [-0.25, -0.2) is 18.1 Å². The topological polar surface area (TPSA) is 88.4 Å². The zero-order chi connectivity index (χ0) is 19.1. The molecule has 0 unspecified atom stereocenters. The number of nitrogens with zero attached hydrogens (tertiary/aromatic N) is 3. The van der Waals surface area contributed by atoms with Crippen molar-refractivity contribution in [1.29, 1.82) is 0 Å². The highest BCUT2D eigenvalue weighted by atomic mass is 35.5. The van der Waals surface area contributed by atoms with Crippen LogP contribution in [-0.2, 0) is 10.0 Å². The van der Waals surface area contributed by atoms with Gasteiger partial charge in [-0.2, -0.15) is 9.61 Å². The van der Waals surface area contributed by atoms with Crippen LogP contribution in [0.1, 0.15) is 26.3 Å². The van der Waals surface area contributed by atoms with Gasteiger partial charge >= 0.3 is 0 Å². The van der Waals surface area contributed by atoms with Crippen molar-refractivity contribution in [2.24, 2.45) is 0 Å². The van der Waals surface area contributed by atoms with Crippen molar-refractivity contribution in [3.05, 3.63) is 47.2 Å². The molecule has 0 aliphatic carbocycles. The lowest BCUT2D eigenvalue weighted by atomic mass is 10.1. The fourth-order valence-corrected chi connectivity index (χ4v) is 4.24. The van der Waals surface area contributed by atoms with Crippen LogP contribution in [0.3, 0.4) is 0 Å². The van der Waals surface area contributed by atoms with Crippen LogP contribution in [0.2, 0.25) is 5.02 Å². The molecular weight excluding hydrogens is 374 g/mol. The first-order valence-electron chi connectivity index (χ1n) is 7.97. The number of fused-ring (bicyclic) bond motifs is 1. The largest absolute Gasteiger partial charge is 0.339 e. The average Bonchev–Trinajstić information content (AvgIpc) is 2.93. The molecule has 0 atom stereocenters. The highest BCUT2D eigenvalue weighted by Gasteiger charge is 2.26. The van der Waals surface area contributed by atoms with Gasteiger partial charge in [-0.05, 0) is 51.5 Å². The summed E-state index contributed by atoms with van der Waals surface area (Å²) in [6.07, 6.45) is 2.82. The highest BCUT2D eigenvalue weighted by molar-refractivity contribution is 7.89. The number of rotatable bonds is 4. The third-order valence-electron chi connectivity index (χ3n) is 3.49. The molecule has 3 rings (SSSR count). The van der Waals surface area contributed by atoms with Crippen LogP contribution in [0.5, 0.6) is 0 Å². The van der Waals surface area contributed by atoms with Crippen LogP contribution in [0.15, 0.2) is 41.6 Å². The number of halogens is 1. The predicted octanol–water partition coefficient (Wildman–Crippen LogP) is 3.51. The molecule has 3 aromatic rings. The molecule has 7 nitrogen and oxygen atoms in total. The summed E-state index contributed by atoms with van der Waals surface area (Å²) >= 11 is 6.27. The van der Waals surface area contributed by atoms with Crippen molar-refractivity contribution < 1.29 is 8.42 Å². The summed E-state index contributed by atoms with van der Waals surface area (Å²) < 4.78 is 29.3. The number of nitrogens with one attached hydrogen (secondary N) is 2. The minimum absolute atomic E-state index is 0.0195. The molecule has 0 saturated carbocycles. The van der Waals surface area contributed by atoms with Crippen molar-refractivity contribution in [3.63, 3.8) is 0 Å². The van der Waals surface area contributed by atoms with Crippen molar-refractivity contribution in [1.82, 2.24) is 19.3 Å². The lowest BCUT2D eigenvalue weighted by Crippen LogP contribution is -2.40. The Bertz CT molecular complexity index is 1070. The standard InChI is InChI=1S/C17H20ClN5O2S/c1-11-5-6-13(12(18)9-11)21-15-7-8-19-16-14(10-20-23(15)16)26(24,25)22-17(2,3)4/h5-10,21-22H,1-4H3. The summed E-state index contributed by atoms with van der Waals surface area (Å²) in [5.74, 6) is 0.554. The summed E-state index contributed by atoms with van der Waals surface area (Å²) in [6.45, 7) is 7.27. The van der Waals surface area contributed by atoms with Gasteiger partial charge in [0.1, 0.15) is 10.7 Å². The number of hydrogen-bond donors (Lipinski definition) is 2. The molecule has 1 aromatic carbocycles. The zero-order valence-electron chi connectivity index (χ0n) is 14.9. The summed E-state index contributed by atoms with van der Waals surface area (Å²) in [7, 11) is -3.75. The van der Waals surface area contributed by atoms with Crippen molar-refractivity contribution >= 4 is 38.8 Å². The van der Waals surface area contributed by atoms with Gasteiger partial charge in [0.15, 0.2) is 5.65 Å². The van der Waals surface area contributed by atoms with Gasteiger partial charge in [-0.3, -0.25) is 0 Å². The Hall–Kier alpha value is -2.16. The molecule has 2 aromatic heterocycles. The van der Waals surface area contributed by atoms with E-state index in [1.54, 1.807) is 26.8 Å². The van der Waals surface area contributed by atoms with E-state index in [0.717, 1.165) is 5.56 Å². The van der Waals surface area contributed by atoms with Crippen LogP contribution >= 0.6 is 11.6 Å². The Labute approximate surface area is 157 Å². The maximum Gasteiger partial charge on any atom is 0.246 e. The monoisotopic (exact) mass is 393 g/mol. The Morgan fingerprint density at radius 2 is 1.92 bits per heavy atom. The SMILES string of the molecule is Cc1ccc(Nc2ccnc3c(S(=O)(=O)NC(C)(C)C)cnn23)c(Cl)c1. The van der Waals surface area contributed by atoms with Crippen molar-refractivity contribution in [3.8, 4) is 0 Å². The van der Waals surface area contributed by atoms with Crippen molar-refractivity contribution in [2.45, 2.75) is 38.1 Å². The number of anilines is 2. The first-order chi connectivity index (χ1) is 12.1. The van der Waals surface area contributed by atoms with Gasteiger partial charge in [-0.1, -0.05) is 17.7 Å². The number of sulfonamides is 1. The Morgan fingerprint density at radius 1 is 1.19 bits per heavy atom. The fourth-order valence-electron chi connectivity index (χ4n) is 2.47. The quantitative estimate of drug-likeness (QED) is 0.708. The Kier molecular flexibility index (Phi) is 4.68. The molecule has 0 fully saturated rings. The molecule has 0 spiro atoms. The second kappa shape index (κ2) is 6.53. The summed E-state index contributed by atoms with van der Waals surface area (Å²) in [6, 6.07) is 7.32. The molecular formula is C17H20ClN5O2S. The van der Waals surface area contributed by atoms with Gasteiger partial charge in [0.2, 0.25) is 10.0 Å². The summed E-state index contributed by atoms with van der Waals surface area (Å²) in [5.41, 5.74) is 1.35. The third kappa shape index (κ3) is 3.82. The summed E-state index contributed by atoms with van der Waals surface area (Å²) in [4.78, 5) is 4.20. The normalized spacial score (nSPS) is 12.5. The first kappa shape index (κ1) is 18.6. The molecule has 138 valence electrons. The van der Waals surface area contributed by atoms with E-state index in [2.05, 4.69) is 20.1 Å². The number of aromatic nitrogens is 3. The maximum absolute atomic E-state index is 12.6. The molecule has 0 radical (unpaired) electrons. The van der Waals surface area contributed by atoms with Crippen LogP contribution in [0, 0.1) is 6.92 Å². The second-order valence-electron chi connectivity index (χ2n) is 7.04. The summed E-state index contributed by atoms with van der Waals surface area (Å²) in [5, 5.41) is 7.92. The Morgan fingerprint density at radius 3 is 2.58 bits per heavy atom. The van der Waals surface area contributed by atoms with E-state index in [9.17, 15) is 8.42 Å². The van der Waals surface area contributed by atoms with Crippen molar-refractivity contribution in [2.75, 3.05) is 5.32 Å². The molecule has 0 saturated heterocycles. The highest BCUT2D eigenvalue weighted by Crippen LogP contribution is 2.27. The van der Waals surface area contributed by atoms with E-state index >= 15 is 0 Å². The molecule has 0 aliphatic rings. The van der Waals surface area contributed by atoms with Crippen LogP contribution in [0.25, 0.3) is 5.65 Å². The van der Waals surface area contributed by atoms with Crippen LogP contribution in [-0.4, -0.2) is 28.6 Å². The second-order valence-corrected chi connectivity index (χ2v) is 9.10. The van der Waals surface area contributed by atoms with E-state index in [1.807, 2.05) is 25.1 Å². The van der Waals surface area contributed by atoms with Gasteiger partial charge in [-0.15, -0.1) is 0 Å². The van der Waals surface area contributed by atoms with Gasteiger partial charge < -0.3 is 5.32 Å². The van der Waals surface area contributed by atoms with E-state index in [-0.39, 0.29) is 10.5 Å². The minimum atomic E-state index is -3.75. The maximum atomic E-state index is 12.6. The molecule has 0 aliphatic heterocycles.